The second-order valence-corrected chi connectivity index (χ2v) is 5.10. The molecule has 0 bridgehead atoms. The van der Waals surface area contributed by atoms with Gasteiger partial charge in [-0.15, -0.1) is 11.6 Å². The molecule has 96 valence electrons. The molecule has 5 heteroatoms. The summed E-state index contributed by atoms with van der Waals surface area (Å²) in [5, 5.41) is -0.258. The van der Waals surface area contributed by atoms with Crippen LogP contribution in [-0.4, -0.2) is 10.4 Å². The van der Waals surface area contributed by atoms with E-state index in [0.29, 0.717) is 5.69 Å². The molecule has 0 aliphatic heterocycles. The molecule has 0 aromatic carbocycles. The molecular weight excluding hydrogens is 251 g/mol. The van der Waals surface area contributed by atoms with E-state index >= 15 is 0 Å². The van der Waals surface area contributed by atoms with Gasteiger partial charge in [0, 0.05) is 23.2 Å². The van der Waals surface area contributed by atoms with E-state index in [1.165, 1.54) is 6.20 Å². The zero-order valence-electron chi connectivity index (χ0n) is 9.92. The lowest BCUT2D eigenvalue weighted by atomic mass is 9.89. The standard InChI is InChI=1S/C12H15ClF3N/c1-7(2)11(8(3)13)10-6-9(4-5-17-10)12(14,15)16/h4-8,11H,1-3H3. The summed E-state index contributed by atoms with van der Waals surface area (Å²) < 4.78 is 37.7. The van der Waals surface area contributed by atoms with Crippen molar-refractivity contribution >= 4 is 11.6 Å². The summed E-state index contributed by atoms with van der Waals surface area (Å²) in [6.45, 7) is 5.62. The number of rotatable bonds is 3. The molecule has 1 aromatic heterocycles. The van der Waals surface area contributed by atoms with Crippen LogP contribution in [0.5, 0.6) is 0 Å². The first-order valence-corrected chi connectivity index (χ1v) is 5.84. The minimum atomic E-state index is -4.34. The maximum atomic E-state index is 12.6. The Morgan fingerprint density at radius 3 is 2.24 bits per heavy atom. The maximum absolute atomic E-state index is 12.6. The van der Waals surface area contributed by atoms with Crippen LogP contribution in [-0.2, 0) is 6.18 Å². The molecule has 0 aliphatic rings. The molecular formula is C12H15ClF3N. The quantitative estimate of drug-likeness (QED) is 0.735. The zero-order chi connectivity index (χ0) is 13.2. The van der Waals surface area contributed by atoms with Gasteiger partial charge in [-0.1, -0.05) is 13.8 Å². The highest BCUT2D eigenvalue weighted by Crippen LogP contribution is 2.34. The van der Waals surface area contributed by atoms with Gasteiger partial charge in [0.2, 0.25) is 0 Å². The second kappa shape index (κ2) is 5.25. The van der Waals surface area contributed by atoms with E-state index in [4.69, 9.17) is 11.6 Å². The van der Waals surface area contributed by atoms with Gasteiger partial charge in [-0.25, -0.2) is 0 Å². The van der Waals surface area contributed by atoms with Gasteiger partial charge < -0.3 is 0 Å². The van der Waals surface area contributed by atoms with E-state index in [2.05, 4.69) is 4.98 Å². The molecule has 1 heterocycles. The predicted octanol–water partition coefficient (Wildman–Crippen LogP) is 4.47. The lowest BCUT2D eigenvalue weighted by molar-refractivity contribution is -0.137. The van der Waals surface area contributed by atoms with Crippen molar-refractivity contribution in [2.45, 2.75) is 38.2 Å². The minimum absolute atomic E-state index is 0.137. The summed E-state index contributed by atoms with van der Waals surface area (Å²) in [4.78, 5) is 4.01. The van der Waals surface area contributed by atoms with E-state index in [9.17, 15) is 13.2 Å². The van der Waals surface area contributed by atoms with Crippen molar-refractivity contribution in [1.82, 2.24) is 4.98 Å². The Hall–Kier alpha value is -0.770. The van der Waals surface area contributed by atoms with E-state index in [0.717, 1.165) is 12.1 Å². The van der Waals surface area contributed by atoms with Crippen molar-refractivity contribution in [2.24, 2.45) is 5.92 Å². The van der Waals surface area contributed by atoms with Crippen LogP contribution in [0.4, 0.5) is 13.2 Å². The summed E-state index contributed by atoms with van der Waals surface area (Å²) in [6, 6.07) is 2.06. The molecule has 0 fully saturated rings. The monoisotopic (exact) mass is 265 g/mol. The lowest BCUT2D eigenvalue weighted by Gasteiger charge is -2.23. The average molecular weight is 266 g/mol. The number of halogens is 4. The van der Waals surface area contributed by atoms with Crippen LogP contribution in [0.1, 0.15) is 37.9 Å². The number of alkyl halides is 4. The molecule has 0 saturated heterocycles. The van der Waals surface area contributed by atoms with Crippen LogP contribution >= 0.6 is 11.6 Å². The average Bonchev–Trinajstić information content (AvgIpc) is 2.15. The van der Waals surface area contributed by atoms with Crippen molar-refractivity contribution < 1.29 is 13.2 Å². The van der Waals surface area contributed by atoms with Crippen molar-refractivity contribution in [2.75, 3.05) is 0 Å². The Labute approximate surface area is 104 Å². The molecule has 0 N–H and O–H groups in total. The summed E-state index contributed by atoms with van der Waals surface area (Å²) in [5.41, 5.74) is -0.275. The maximum Gasteiger partial charge on any atom is 0.416 e. The van der Waals surface area contributed by atoms with Gasteiger partial charge in [0.15, 0.2) is 0 Å². The number of hydrogen-bond donors (Lipinski definition) is 0. The normalized spacial score (nSPS) is 16.0. The first-order valence-electron chi connectivity index (χ1n) is 5.40. The highest BCUT2D eigenvalue weighted by molar-refractivity contribution is 6.20. The fraction of sp³-hybridized carbons (Fsp3) is 0.583. The Balaban J connectivity index is 3.14. The third-order valence-corrected chi connectivity index (χ3v) is 2.93. The van der Waals surface area contributed by atoms with E-state index in [-0.39, 0.29) is 17.2 Å². The van der Waals surface area contributed by atoms with E-state index < -0.39 is 11.7 Å². The first kappa shape index (κ1) is 14.3. The SMILES string of the molecule is CC(C)C(c1cc(C(F)(F)F)ccn1)C(C)Cl. The topological polar surface area (TPSA) is 12.9 Å². The van der Waals surface area contributed by atoms with Gasteiger partial charge >= 0.3 is 6.18 Å². The summed E-state index contributed by atoms with van der Waals surface area (Å²) >= 11 is 6.02. The predicted molar refractivity (Wildman–Crippen MR) is 62.1 cm³/mol. The van der Waals surface area contributed by atoms with Crippen LogP contribution in [0.15, 0.2) is 18.3 Å². The molecule has 0 amide bonds. The lowest BCUT2D eigenvalue weighted by Crippen LogP contribution is -2.18. The van der Waals surface area contributed by atoms with Crippen molar-refractivity contribution in [3.8, 4) is 0 Å². The first-order chi connectivity index (χ1) is 7.73. The Bertz CT molecular complexity index is 366. The Morgan fingerprint density at radius 1 is 1.24 bits per heavy atom. The van der Waals surface area contributed by atoms with Crippen LogP contribution in [0.25, 0.3) is 0 Å². The molecule has 2 unspecified atom stereocenters. The van der Waals surface area contributed by atoms with Crippen LogP contribution in [0.2, 0.25) is 0 Å². The van der Waals surface area contributed by atoms with Crippen molar-refractivity contribution in [1.29, 1.82) is 0 Å². The zero-order valence-corrected chi connectivity index (χ0v) is 10.7. The van der Waals surface area contributed by atoms with Gasteiger partial charge in [-0.05, 0) is 25.0 Å². The molecule has 0 aliphatic carbocycles. The van der Waals surface area contributed by atoms with Gasteiger partial charge in [-0.2, -0.15) is 13.2 Å². The Kier molecular flexibility index (Phi) is 4.42. The second-order valence-electron chi connectivity index (χ2n) is 4.41. The third-order valence-electron chi connectivity index (χ3n) is 2.66. The van der Waals surface area contributed by atoms with Gasteiger partial charge in [0.05, 0.1) is 5.56 Å². The highest BCUT2D eigenvalue weighted by atomic mass is 35.5. The molecule has 2 atom stereocenters. The van der Waals surface area contributed by atoms with Crippen molar-refractivity contribution in [3.63, 3.8) is 0 Å². The summed E-state index contributed by atoms with van der Waals surface area (Å²) in [6.07, 6.45) is -3.15. The molecule has 0 spiro atoms. The number of hydrogen-bond acceptors (Lipinski definition) is 1. The smallest absolute Gasteiger partial charge is 0.261 e. The van der Waals surface area contributed by atoms with Gasteiger partial charge in [0.1, 0.15) is 0 Å². The largest absolute Gasteiger partial charge is 0.416 e. The molecule has 1 aromatic rings. The summed E-state index contributed by atoms with van der Waals surface area (Å²) in [7, 11) is 0. The fourth-order valence-corrected chi connectivity index (χ4v) is 2.33. The molecule has 17 heavy (non-hydrogen) atoms. The summed E-state index contributed by atoms with van der Waals surface area (Å²) in [5.74, 6) is -0.0440. The fourth-order valence-electron chi connectivity index (χ4n) is 1.91. The van der Waals surface area contributed by atoms with Crippen LogP contribution < -0.4 is 0 Å². The molecule has 1 rings (SSSR count). The minimum Gasteiger partial charge on any atom is -0.261 e. The molecule has 0 saturated carbocycles. The third kappa shape index (κ3) is 3.60. The molecule has 1 nitrogen and oxygen atoms in total. The van der Waals surface area contributed by atoms with Crippen LogP contribution in [0.3, 0.4) is 0 Å². The number of aromatic nitrogens is 1. The molecule has 0 radical (unpaired) electrons. The van der Waals surface area contributed by atoms with Gasteiger partial charge in [0.25, 0.3) is 0 Å². The van der Waals surface area contributed by atoms with Crippen LogP contribution in [0, 0.1) is 5.92 Å². The van der Waals surface area contributed by atoms with E-state index in [1.807, 2.05) is 13.8 Å². The van der Waals surface area contributed by atoms with Crippen molar-refractivity contribution in [3.05, 3.63) is 29.6 Å². The number of nitrogens with zero attached hydrogens (tertiary/aromatic N) is 1. The highest BCUT2D eigenvalue weighted by Gasteiger charge is 2.32. The number of pyridine rings is 1. The van der Waals surface area contributed by atoms with Gasteiger partial charge in [-0.3, -0.25) is 4.98 Å². The van der Waals surface area contributed by atoms with E-state index in [1.54, 1.807) is 6.92 Å². The Morgan fingerprint density at radius 2 is 1.82 bits per heavy atom.